The number of carboxylic acids is 1. The summed E-state index contributed by atoms with van der Waals surface area (Å²) >= 11 is 14.3. The Kier molecular flexibility index (Phi) is 5.92. The number of fused-ring (bicyclic) bond motifs is 3. The van der Waals surface area contributed by atoms with E-state index in [1.165, 1.54) is 11.3 Å². The molecule has 7 rings (SSSR count). The highest BCUT2D eigenvalue weighted by Crippen LogP contribution is 2.54. The molecule has 0 amide bonds. The molecule has 7 nitrogen and oxygen atoms in total. The van der Waals surface area contributed by atoms with Crippen LogP contribution in [0.5, 0.6) is 0 Å². The van der Waals surface area contributed by atoms with Crippen LogP contribution in [0, 0.1) is 5.41 Å². The van der Waals surface area contributed by atoms with E-state index in [2.05, 4.69) is 10.1 Å². The van der Waals surface area contributed by atoms with E-state index in [4.69, 9.17) is 37.2 Å². The zero-order valence-electron chi connectivity index (χ0n) is 18.9. The molecule has 4 fully saturated rings. The normalized spacial score (nSPS) is 25.8. The molecular formula is C25H24Cl2N2O5S. The Labute approximate surface area is 216 Å². The smallest absolute Gasteiger partial charge is 0.355 e. The zero-order valence-corrected chi connectivity index (χ0v) is 21.2. The van der Waals surface area contributed by atoms with Gasteiger partial charge in [-0.05, 0) is 50.7 Å². The monoisotopic (exact) mass is 534 g/mol. The number of ether oxygens (including phenoxy) is 2. The predicted octanol–water partition coefficient (Wildman–Crippen LogP) is 6.68. The van der Waals surface area contributed by atoms with Crippen molar-refractivity contribution in [3.8, 4) is 11.3 Å². The molecule has 2 saturated carbocycles. The van der Waals surface area contributed by atoms with Gasteiger partial charge in [0, 0.05) is 27.8 Å². The number of carbonyl (C=O) groups is 1. The third-order valence-corrected chi connectivity index (χ3v) is 9.16. The van der Waals surface area contributed by atoms with Crippen molar-refractivity contribution >= 4 is 40.5 Å². The van der Waals surface area contributed by atoms with E-state index in [1.807, 2.05) is 6.07 Å². The summed E-state index contributed by atoms with van der Waals surface area (Å²) in [5.41, 5.74) is 1.81. The standard InChI is InChI=1S/C25H24Cl2N2O5S/c26-16-2-1-3-17(27)19(16)20-15(21(34-29-20)14-4-5-14)10-32-12-24-6-8-25(9-7-24,33-13-24)23-28-18(11-35-23)22(30)31/h1-3,11,14H,4-10,12-13H2,(H,30,31). The summed E-state index contributed by atoms with van der Waals surface area (Å²) in [4.78, 5) is 15.6. The number of aromatic nitrogens is 2. The Balaban J connectivity index is 1.16. The van der Waals surface area contributed by atoms with Crippen molar-refractivity contribution in [3.05, 3.63) is 55.6 Å². The van der Waals surface area contributed by atoms with E-state index in [9.17, 15) is 9.90 Å². The fourth-order valence-electron chi connectivity index (χ4n) is 5.22. The zero-order chi connectivity index (χ0) is 24.2. The maximum atomic E-state index is 11.2. The highest BCUT2D eigenvalue weighted by Gasteiger charge is 2.52. The summed E-state index contributed by atoms with van der Waals surface area (Å²) in [5, 5.41) is 17.0. The van der Waals surface area contributed by atoms with Gasteiger partial charge in [-0.3, -0.25) is 0 Å². The lowest BCUT2D eigenvalue weighted by Gasteiger charge is -2.52. The quantitative estimate of drug-likeness (QED) is 0.344. The molecule has 2 aromatic heterocycles. The molecule has 1 N–H and O–H groups in total. The lowest BCUT2D eigenvalue weighted by Crippen LogP contribution is -2.51. The molecule has 1 aromatic carbocycles. The lowest BCUT2D eigenvalue weighted by atomic mass is 9.66. The van der Waals surface area contributed by atoms with Crippen molar-refractivity contribution in [2.75, 3.05) is 13.2 Å². The summed E-state index contributed by atoms with van der Waals surface area (Å²) in [6.45, 7) is 1.50. The van der Waals surface area contributed by atoms with Gasteiger partial charge in [-0.1, -0.05) is 34.4 Å². The second-order valence-electron chi connectivity index (χ2n) is 9.86. The minimum atomic E-state index is -1.00. The van der Waals surface area contributed by atoms with Crippen LogP contribution >= 0.6 is 34.5 Å². The molecule has 2 aliphatic carbocycles. The Morgan fingerprint density at radius 1 is 1.20 bits per heavy atom. The second kappa shape index (κ2) is 8.85. The van der Waals surface area contributed by atoms with E-state index in [1.54, 1.807) is 17.5 Å². The Hall–Kier alpha value is -1.97. The molecular weight excluding hydrogens is 511 g/mol. The Morgan fingerprint density at radius 3 is 2.54 bits per heavy atom. The van der Waals surface area contributed by atoms with Crippen molar-refractivity contribution in [2.45, 2.75) is 56.7 Å². The average Bonchev–Trinajstić information content (AvgIpc) is 3.41. The molecule has 35 heavy (non-hydrogen) atoms. The van der Waals surface area contributed by atoms with Crippen LogP contribution < -0.4 is 0 Å². The van der Waals surface area contributed by atoms with Crippen LogP contribution in [0.4, 0.5) is 0 Å². The van der Waals surface area contributed by atoms with Crippen LogP contribution in [0.2, 0.25) is 10.0 Å². The van der Waals surface area contributed by atoms with Crippen molar-refractivity contribution in [1.29, 1.82) is 0 Å². The molecule has 3 aromatic rings. The van der Waals surface area contributed by atoms with E-state index in [-0.39, 0.29) is 11.1 Å². The van der Waals surface area contributed by atoms with Gasteiger partial charge >= 0.3 is 5.97 Å². The first-order valence-electron chi connectivity index (χ1n) is 11.7. The third-order valence-electron chi connectivity index (χ3n) is 7.51. The molecule has 184 valence electrons. The summed E-state index contributed by atoms with van der Waals surface area (Å²) in [7, 11) is 0. The molecule has 2 aliphatic heterocycles. The number of aromatic carboxylic acids is 1. The Morgan fingerprint density at radius 2 is 1.94 bits per heavy atom. The summed E-state index contributed by atoms with van der Waals surface area (Å²) in [6, 6.07) is 5.41. The van der Waals surface area contributed by atoms with Crippen molar-refractivity contribution in [3.63, 3.8) is 0 Å². The lowest BCUT2D eigenvalue weighted by molar-refractivity contribution is -0.205. The molecule has 0 atom stereocenters. The van der Waals surface area contributed by atoms with Gasteiger partial charge in [-0.15, -0.1) is 11.3 Å². The van der Waals surface area contributed by atoms with E-state index in [0.717, 1.165) is 54.9 Å². The van der Waals surface area contributed by atoms with Crippen LogP contribution in [0.3, 0.4) is 0 Å². The first kappa shape index (κ1) is 23.4. The van der Waals surface area contributed by atoms with Gasteiger partial charge in [0.1, 0.15) is 22.1 Å². The maximum absolute atomic E-state index is 11.2. The number of rotatable bonds is 8. The number of hydrogen-bond donors (Lipinski definition) is 1. The topological polar surface area (TPSA) is 94.7 Å². The highest BCUT2D eigenvalue weighted by molar-refractivity contribution is 7.10. The van der Waals surface area contributed by atoms with Crippen LogP contribution in [0.15, 0.2) is 28.1 Å². The largest absolute Gasteiger partial charge is 0.476 e. The highest BCUT2D eigenvalue weighted by atomic mass is 35.5. The van der Waals surface area contributed by atoms with Crippen LogP contribution in [0.25, 0.3) is 11.3 Å². The summed E-state index contributed by atoms with van der Waals surface area (Å²) in [5.74, 6) is 0.237. The van der Waals surface area contributed by atoms with Gasteiger partial charge in [0.25, 0.3) is 0 Å². The van der Waals surface area contributed by atoms with E-state index in [0.29, 0.717) is 47.0 Å². The third kappa shape index (κ3) is 4.19. The SMILES string of the molecule is O=C(O)c1csc(C23CCC(COCc4c(-c5c(Cl)cccc5Cl)noc4C4CC4)(CC2)CO3)n1. The predicted molar refractivity (Wildman–Crippen MR) is 131 cm³/mol. The van der Waals surface area contributed by atoms with E-state index >= 15 is 0 Å². The number of carboxylic acid groups (broad SMARTS) is 1. The van der Waals surface area contributed by atoms with Crippen molar-refractivity contribution < 1.29 is 23.9 Å². The van der Waals surface area contributed by atoms with Gasteiger partial charge in [0.05, 0.1) is 29.9 Å². The minimum Gasteiger partial charge on any atom is -0.476 e. The second-order valence-corrected chi connectivity index (χ2v) is 11.5. The number of halogens is 2. The van der Waals surface area contributed by atoms with Crippen LogP contribution in [-0.2, 0) is 21.7 Å². The first-order chi connectivity index (χ1) is 16.9. The number of hydrogen-bond acceptors (Lipinski definition) is 7. The van der Waals surface area contributed by atoms with Gasteiger partial charge in [-0.25, -0.2) is 9.78 Å². The fourth-order valence-corrected chi connectivity index (χ4v) is 6.81. The van der Waals surface area contributed by atoms with Gasteiger partial charge in [-0.2, -0.15) is 0 Å². The number of thiazole rings is 1. The number of nitrogens with zero attached hydrogens (tertiary/aromatic N) is 2. The molecule has 0 spiro atoms. The molecule has 2 saturated heterocycles. The van der Waals surface area contributed by atoms with Gasteiger partial charge < -0.3 is 19.1 Å². The van der Waals surface area contributed by atoms with Crippen molar-refractivity contribution in [1.82, 2.24) is 10.1 Å². The average molecular weight is 535 g/mol. The van der Waals surface area contributed by atoms with Gasteiger partial charge in [0.2, 0.25) is 0 Å². The summed E-state index contributed by atoms with van der Waals surface area (Å²) < 4.78 is 18.4. The molecule has 4 aliphatic rings. The molecule has 10 heteroatoms. The van der Waals surface area contributed by atoms with Gasteiger partial charge in [0.15, 0.2) is 5.69 Å². The molecule has 2 bridgehead atoms. The number of benzene rings is 1. The fraction of sp³-hybridized carbons (Fsp3) is 0.480. The molecule has 4 heterocycles. The first-order valence-corrected chi connectivity index (χ1v) is 13.4. The minimum absolute atomic E-state index is 0.0618. The van der Waals surface area contributed by atoms with Crippen LogP contribution in [-0.4, -0.2) is 34.4 Å². The van der Waals surface area contributed by atoms with Crippen LogP contribution in [0.1, 0.15) is 71.3 Å². The summed E-state index contributed by atoms with van der Waals surface area (Å²) in [6.07, 6.45) is 5.67. The Bertz CT molecular complexity index is 1240. The van der Waals surface area contributed by atoms with E-state index < -0.39 is 11.6 Å². The molecule has 0 unspecified atom stereocenters. The maximum Gasteiger partial charge on any atom is 0.355 e. The molecule has 0 radical (unpaired) electrons. The van der Waals surface area contributed by atoms with Crippen molar-refractivity contribution in [2.24, 2.45) is 5.41 Å².